The third-order valence-corrected chi connectivity index (χ3v) is 7.72. The van der Waals surface area contributed by atoms with Crippen molar-refractivity contribution in [3.05, 3.63) is 72.1 Å². The molecule has 13 heteroatoms. The lowest BCUT2D eigenvalue weighted by molar-refractivity contribution is -0.142. The van der Waals surface area contributed by atoms with Gasteiger partial charge in [0, 0.05) is 47.0 Å². The third-order valence-electron chi connectivity index (χ3n) is 7.72. The standard InChI is InChI=1S/C32H39N7O6/c1-17(2)28(39-29(41)22(33)13-18-15-35-23-9-5-3-7-20(18)23)31(43)37-25(11-12-27(34)40)30(42)38-26(32(44)45)14-19-16-36-24-10-6-4-8-21(19)24/h3-10,15-17,22,25-26,28,35-36H,11-14,33H2,1-2H3,(H2,34,40)(H,37,43)(H,38,42)(H,39,41)(H,44,45). The van der Waals surface area contributed by atoms with Gasteiger partial charge >= 0.3 is 5.97 Å². The SMILES string of the molecule is CC(C)C(NC(=O)C(N)Cc1c[nH]c2ccccc12)C(=O)NC(CCC(N)=O)C(=O)NC(Cc1c[nH]c2ccccc12)C(=O)O. The van der Waals surface area contributed by atoms with E-state index < -0.39 is 59.7 Å². The molecule has 4 unspecified atom stereocenters. The first-order valence-electron chi connectivity index (χ1n) is 14.7. The second kappa shape index (κ2) is 14.5. The molecule has 4 aromatic rings. The van der Waals surface area contributed by atoms with Crippen LogP contribution in [0, 0.1) is 5.92 Å². The smallest absolute Gasteiger partial charge is 0.326 e. The van der Waals surface area contributed by atoms with Crippen LogP contribution in [0.15, 0.2) is 60.9 Å². The zero-order chi connectivity index (χ0) is 32.7. The number of carbonyl (C=O) groups is 5. The van der Waals surface area contributed by atoms with Crippen LogP contribution in [0.3, 0.4) is 0 Å². The molecule has 13 nitrogen and oxygen atoms in total. The fourth-order valence-electron chi connectivity index (χ4n) is 5.24. The molecule has 0 aliphatic rings. The highest BCUT2D eigenvalue weighted by Crippen LogP contribution is 2.20. The summed E-state index contributed by atoms with van der Waals surface area (Å²) >= 11 is 0. The lowest BCUT2D eigenvalue weighted by atomic mass is 10.00. The summed E-state index contributed by atoms with van der Waals surface area (Å²) in [5.74, 6) is -4.43. The Bertz CT molecular complexity index is 1690. The number of aliphatic carboxylic acids is 1. The maximum atomic E-state index is 13.4. The maximum absolute atomic E-state index is 13.4. The van der Waals surface area contributed by atoms with E-state index in [1.807, 2.05) is 48.5 Å². The van der Waals surface area contributed by atoms with Crippen molar-refractivity contribution in [2.24, 2.45) is 17.4 Å². The van der Waals surface area contributed by atoms with Crippen LogP contribution >= 0.6 is 0 Å². The molecule has 45 heavy (non-hydrogen) atoms. The molecular formula is C32H39N7O6. The van der Waals surface area contributed by atoms with Gasteiger partial charge in [-0.2, -0.15) is 0 Å². The number of amides is 4. The quantitative estimate of drug-likeness (QED) is 0.0972. The minimum atomic E-state index is -1.33. The molecule has 0 radical (unpaired) electrons. The first-order valence-corrected chi connectivity index (χ1v) is 14.7. The van der Waals surface area contributed by atoms with Crippen LogP contribution in [0.25, 0.3) is 21.8 Å². The Morgan fingerprint density at radius 2 is 1.29 bits per heavy atom. The summed E-state index contributed by atoms with van der Waals surface area (Å²) in [5.41, 5.74) is 14.8. The topological polar surface area (TPSA) is 225 Å². The van der Waals surface area contributed by atoms with Crippen molar-refractivity contribution in [1.82, 2.24) is 25.9 Å². The maximum Gasteiger partial charge on any atom is 0.326 e. The predicted molar refractivity (Wildman–Crippen MR) is 169 cm³/mol. The minimum absolute atomic E-state index is 0.0272. The molecule has 4 rings (SSSR count). The summed E-state index contributed by atoms with van der Waals surface area (Å²) in [6.45, 7) is 3.44. The minimum Gasteiger partial charge on any atom is -0.480 e. The van der Waals surface area contributed by atoms with Crippen molar-refractivity contribution in [1.29, 1.82) is 0 Å². The number of carbonyl (C=O) groups excluding carboxylic acids is 4. The fourth-order valence-corrected chi connectivity index (χ4v) is 5.24. The Balaban J connectivity index is 1.44. The van der Waals surface area contributed by atoms with E-state index in [2.05, 4.69) is 25.9 Å². The van der Waals surface area contributed by atoms with Gasteiger partial charge in [0.25, 0.3) is 0 Å². The Hall–Kier alpha value is -5.17. The van der Waals surface area contributed by atoms with Gasteiger partial charge in [0.1, 0.15) is 18.1 Å². The first kappa shape index (κ1) is 32.7. The molecule has 4 atom stereocenters. The van der Waals surface area contributed by atoms with Crippen LogP contribution < -0.4 is 27.4 Å². The van der Waals surface area contributed by atoms with E-state index in [1.54, 1.807) is 26.2 Å². The molecule has 0 aliphatic carbocycles. The van der Waals surface area contributed by atoms with Gasteiger partial charge in [-0.1, -0.05) is 50.2 Å². The number of primary amides is 1. The molecule has 0 saturated carbocycles. The van der Waals surface area contributed by atoms with Crippen molar-refractivity contribution < 1.29 is 29.1 Å². The molecule has 0 aliphatic heterocycles. The Kier molecular flexibility index (Phi) is 10.6. The van der Waals surface area contributed by atoms with Crippen LogP contribution in [0.4, 0.5) is 0 Å². The normalized spacial score (nSPS) is 14.0. The van der Waals surface area contributed by atoms with Crippen molar-refractivity contribution >= 4 is 51.4 Å². The van der Waals surface area contributed by atoms with E-state index >= 15 is 0 Å². The number of hydrogen-bond acceptors (Lipinski definition) is 6. The second-order valence-electron chi connectivity index (χ2n) is 11.4. The highest BCUT2D eigenvalue weighted by Gasteiger charge is 2.32. The Morgan fingerprint density at radius 1 is 0.756 bits per heavy atom. The van der Waals surface area contributed by atoms with Gasteiger partial charge in [-0.05, 0) is 42.0 Å². The second-order valence-corrected chi connectivity index (χ2v) is 11.4. The van der Waals surface area contributed by atoms with Crippen molar-refractivity contribution in [3.63, 3.8) is 0 Å². The summed E-state index contributed by atoms with van der Waals surface area (Å²) in [6, 6.07) is 10.3. The van der Waals surface area contributed by atoms with Crippen molar-refractivity contribution in [3.8, 4) is 0 Å². The third kappa shape index (κ3) is 8.26. The Morgan fingerprint density at radius 3 is 1.82 bits per heavy atom. The predicted octanol–water partition coefficient (Wildman–Crippen LogP) is 1.22. The summed E-state index contributed by atoms with van der Waals surface area (Å²) < 4.78 is 0. The first-order chi connectivity index (χ1) is 21.4. The zero-order valence-corrected chi connectivity index (χ0v) is 25.1. The Labute approximate surface area is 259 Å². The molecule has 238 valence electrons. The average molecular weight is 618 g/mol. The van der Waals surface area contributed by atoms with E-state index in [9.17, 15) is 29.1 Å². The number of aromatic nitrogens is 2. The number of nitrogens with two attached hydrogens (primary N) is 2. The molecule has 0 spiro atoms. The molecule has 2 heterocycles. The number of H-pyrrole nitrogens is 2. The van der Waals surface area contributed by atoms with Crippen LogP contribution in [-0.2, 0) is 36.8 Å². The van der Waals surface area contributed by atoms with E-state index in [4.69, 9.17) is 11.5 Å². The number of nitrogens with one attached hydrogen (secondary N) is 5. The molecule has 4 amide bonds. The number of aromatic amines is 2. The van der Waals surface area contributed by atoms with E-state index in [1.165, 1.54) is 0 Å². The summed E-state index contributed by atoms with van der Waals surface area (Å²) in [7, 11) is 0. The van der Waals surface area contributed by atoms with Crippen LogP contribution in [0.5, 0.6) is 0 Å². The van der Waals surface area contributed by atoms with Gasteiger partial charge in [-0.25, -0.2) is 4.79 Å². The number of rotatable bonds is 15. The van der Waals surface area contributed by atoms with Gasteiger partial charge in [0.15, 0.2) is 0 Å². The fraction of sp³-hybridized carbons (Fsp3) is 0.344. The van der Waals surface area contributed by atoms with Crippen LogP contribution in [0.1, 0.15) is 37.8 Å². The molecule has 0 saturated heterocycles. The molecule has 0 bridgehead atoms. The number of para-hydroxylation sites is 2. The zero-order valence-electron chi connectivity index (χ0n) is 25.1. The summed E-state index contributed by atoms with van der Waals surface area (Å²) in [5, 5.41) is 19.4. The highest BCUT2D eigenvalue weighted by atomic mass is 16.4. The number of hydrogen-bond donors (Lipinski definition) is 8. The molecule has 2 aromatic carbocycles. The molecular weight excluding hydrogens is 578 g/mol. The van der Waals surface area contributed by atoms with Crippen molar-refractivity contribution in [2.45, 2.75) is 63.7 Å². The van der Waals surface area contributed by atoms with E-state index in [0.717, 1.165) is 27.4 Å². The number of carboxylic acids is 1. The van der Waals surface area contributed by atoms with Gasteiger partial charge < -0.3 is 42.5 Å². The van der Waals surface area contributed by atoms with Gasteiger partial charge in [-0.3, -0.25) is 19.2 Å². The van der Waals surface area contributed by atoms with Gasteiger partial charge in [-0.15, -0.1) is 0 Å². The lowest BCUT2D eigenvalue weighted by Crippen LogP contribution is -2.58. The molecule has 10 N–H and O–H groups in total. The van der Waals surface area contributed by atoms with E-state index in [0.29, 0.717) is 5.56 Å². The van der Waals surface area contributed by atoms with Crippen LogP contribution in [-0.4, -0.2) is 68.8 Å². The largest absolute Gasteiger partial charge is 0.480 e. The van der Waals surface area contributed by atoms with Gasteiger partial charge in [0.2, 0.25) is 23.6 Å². The summed E-state index contributed by atoms with van der Waals surface area (Å²) in [6.07, 6.45) is 3.24. The number of fused-ring (bicyclic) bond motifs is 2. The molecule has 0 fully saturated rings. The van der Waals surface area contributed by atoms with E-state index in [-0.39, 0.29) is 25.7 Å². The van der Waals surface area contributed by atoms with Gasteiger partial charge in [0.05, 0.1) is 6.04 Å². The lowest BCUT2D eigenvalue weighted by Gasteiger charge is -2.27. The average Bonchev–Trinajstić information content (AvgIpc) is 3.61. The van der Waals surface area contributed by atoms with Crippen molar-refractivity contribution in [2.75, 3.05) is 0 Å². The monoisotopic (exact) mass is 617 g/mol. The number of benzene rings is 2. The molecule has 2 aromatic heterocycles. The highest BCUT2D eigenvalue weighted by molar-refractivity contribution is 5.95. The number of carboxylic acid groups (broad SMARTS) is 1. The summed E-state index contributed by atoms with van der Waals surface area (Å²) in [4.78, 5) is 69.8. The van der Waals surface area contributed by atoms with Crippen LogP contribution in [0.2, 0.25) is 0 Å².